The van der Waals surface area contributed by atoms with Crippen molar-refractivity contribution in [1.82, 2.24) is 5.32 Å². The first-order valence-electron chi connectivity index (χ1n) is 32.1. The number of amides is 1. The van der Waals surface area contributed by atoms with Gasteiger partial charge in [-0.15, -0.1) is 0 Å². The normalized spacial score (nSPS) is 12.7. The van der Waals surface area contributed by atoms with Gasteiger partial charge in [-0.25, -0.2) is 0 Å². The van der Waals surface area contributed by atoms with Crippen LogP contribution in [0.1, 0.15) is 354 Å². The van der Waals surface area contributed by atoms with E-state index < -0.39 is 12.1 Å². The van der Waals surface area contributed by atoms with E-state index in [1.165, 1.54) is 283 Å². The van der Waals surface area contributed by atoms with Gasteiger partial charge in [-0.2, -0.15) is 0 Å². The second kappa shape index (κ2) is 60.9. The first-order valence-corrected chi connectivity index (χ1v) is 32.1. The maximum atomic E-state index is 12.5. The predicted molar refractivity (Wildman–Crippen MR) is 310 cm³/mol. The molecule has 3 N–H and O–H groups in total. The smallest absolute Gasteiger partial charge is 0.305 e. The van der Waals surface area contributed by atoms with Gasteiger partial charge in [0.25, 0.3) is 0 Å². The van der Waals surface area contributed by atoms with Crippen LogP contribution >= 0.6 is 0 Å². The maximum absolute atomic E-state index is 12.5. The molecule has 1 amide bonds. The van der Waals surface area contributed by atoms with E-state index >= 15 is 0 Å². The molecule has 0 bridgehead atoms. The molecule has 0 aromatic carbocycles. The zero-order valence-electron chi connectivity index (χ0n) is 48.0. The Kier molecular flexibility index (Phi) is 59.5. The van der Waals surface area contributed by atoms with Gasteiger partial charge in [0.1, 0.15) is 0 Å². The third-order valence-electron chi connectivity index (χ3n) is 15.0. The second-order valence-electron chi connectivity index (χ2n) is 22.1. The van der Waals surface area contributed by atoms with Gasteiger partial charge in [0.2, 0.25) is 5.91 Å². The molecule has 6 nitrogen and oxygen atoms in total. The van der Waals surface area contributed by atoms with Crippen molar-refractivity contribution in [3.8, 4) is 0 Å². The monoisotopic (exact) mass is 1000 g/mol. The lowest BCUT2D eigenvalue weighted by molar-refractivity contribution is -0.143. The SMILES string of the molecule is CCCCC/C=C\CCCCCCCC(=O)OCCCCCCCCCCCCCCCCCCCCCCCCCC(=O)NC(CO)C(O)/C=C/CCCCCCCCCCCCCCCCCCC. The van der Waals surface area contributed by atoms with Crippen LogP contribution in [0.25, 0.3) is 0 Å². The number of carbonyl (C=O) groups is 2. The Labute approximate surface area is 443 Å². The Morgan fingerprint density at radius 3 is 1.03 bits per heavy atom. The lowest BCUT2D eigenvalue weighted by atomic mass is 10.0. The number of nitrogens with one attached hydrogen (secondary N) is 1. The Balaban J connectivity index is 3.41. The molecule has 0 aliphatic rings. The Morgan fingerprint density at radius 2 is 0.662 bits per heavy atom. The summed E-state index contributed by atoms with van der Waals surface area (Å²) < 4.78 is 5.47. The minimum atomic E-state index is -0.844. The van der Waals surface area contributed by atoms with Crippen molar-refractivity contribution >= 4 is 11.9 Å². The highest BCUT2D eigenvalue weighted by molar-refractivity contribution is 5.76. The van der Waals surface area contributed by atoms with Crippen LogP contribution < -0.4 is 5.32 Å². The van der Waals surface area contributed by atoms with E-state index in [0.29, 0.717) is 19.4 Å². The molecule has 420 valence electrons. The van der Waals surface area contributed by atoms with Crippen LogP contribution in [0.3, 0.4) is 0 Å². The quantitative estimate of drug-likeness (QED) is 0.0320. The van der Waals surface area contributed by atoms with Crippen LogP contribution in [0, 0.1) is 0 Å². The van der Waals surface area contributed by atoms with Crippen LogP contribution in [0.5, 0.6) is 0 Å². The van der Waals surface area contributed by atoms with Crippen molar-refractivity contribution in [2.75, 3.05) is 13.2 Å². The van der Waals surface area contributed by atoms with Gasteiger partial charge >= 0.3 is 5.97 Å². The maximum Gasteiger partial charge on any atom is 0.305 e. The van der Waals surface area contributed by atoms with Gasteiger partial charge in [0.15, 0.2) is 0 Å². The highest BCUT2D eigenvalue weighted by Gasteiger charge is 2.18. The van der Waals surface area contributed by atoms with Gasteiger partial charge in [-0.1, -0.05) is 308 Å². The molecule has 0 aliphatic heterocycles. The summed E-state index contributed by atoms with van der Waals surface area (Å²) in [6.45, 7) is 4.90. The summed E-state index contributed by atoms with van der Waals surface area (Å²) in [6, 6.07) is -0.628. The molecule has 0 fully saturated rings. The van der Waals surface area contributed by atoms with E-state index in [4.69, 9.17) is 4.74 Å². The highest BCUT2D eigenvalue weighted by Crippen LogP contribution is 2.18. The molecule has 0 radical (unpaired) electrons. The molecule has 2 unspecified atom stereocenters. The van der Waals surface area contributed by atoms with Crippen molar-refractivity contribution in [1.29, 1.82) is 0 Å². The number of hydrogen-bond acceptors (Lipinski definition) is 5. The van der Waals surface area contributed by atoms with E-state index in [1.807, 2.05) is 6.08 Å². The highest BCUT2D eigenvalue weighted by atomic mass is 16.5. The number of hydrogen-bond donors (Lipinski definition) is 3. The van der Waals surface area contributed by atoms with E-state index in [2.05, 4.69) is 31.3 Å². The fraction of sp³-hybridized carbons (Fsp3) is 0.908. The molecule has 0 aliphatic carbocycles. The first-order chi connectivity index (χ1) is 35.0. The van der Waals surface area contributed by atoms with E-state index in [0.717, 1.165) is 44.9 Å². The lowest BCUT2D eigenvalue weighted by Gasteiger charge is -2.20. The van der Waals surface area contributed by atoms with Gasteiger partial charge < -0.3 is 20.3 Å². The van der Waals surface area contributed by atoms with E-state index in [-0.39, 0.29) is 18.5 Å². The number of aliphatic hydroxyl groups excluding tert-OH is 2. The fourth-order valence-electron chi connectivity index (χ4n) is 10.0. The number of allylic oxidation sites excluding steroid dienone is 3. The molecular weight excluding hydrogens is 875 g/mol. The number of esters is 1. The molecule has 0 saturated carbocycles. The summed E-state index contributed by atoms with van der Waals surface area (Å²) in [5.41, 5.74) is 0. The molecule has 6 heteroatoms. The molecule has 0 rings (SSSR count). The molecule has 2 atom stereocenters. The van der Waals surface area contributed by atoms with Crippen LogP contribution in [0.15, 0.2) is 24.3 Å². The van der Waals surface area contributed by atoms with Crippen LogP contribution in [0.4, 0.5) is 0 Å². The molecule has 0 aromatic heterocycles. The third kappa shape index (κ3) is 57.5. The topological polar surface area (TPSA) is 95.9 Å². The summed E-state index contributed by atoms with van der Waals surface area (Å²) in [5, 5.41) is 23.2. The van der Waals surface area contributed by atoms with Crippen molar-refractivity contribution in [3.63, 3.8) is 0 Å². The van der Waals surface area contributed by atoms with Crippen molar-refractivity contribution < 1.29 is 24.5 Å². The fourth-order valence-corrected chi connectivity index (χ4v) is 10.0. The van der Waals surface area contributed by atoms with Gasteiger partial charge in [0.05, 0.1) is 25.4 Å². The standard InChI is InChI=1S/C65H125NO5/c1-3-5-7-9-11-13-15-17-18-19-25-28-31-34-37-41-45-49-53-57-63(68)62(61-67)66-64(69)58-54-50-46-42-38-35-32-29-26-23-21-20-22-24-27-30-33-36-40-44-48-52-56-60-71-65(70)59-55-51-47-43-39-16-14-12-10-8-6-4-2/h12,14,53,57,62-63,67-68H,3-11,13,15-52,54-56,58-61H2,1-2H3,(H,66,69)/b14-12-,57-53+. The lowest BCUT2D eigenvalue weighted by Crippen LogP contribution is -2.45. The minimum Gasteiger partial charge on any atom is -0.466 e. The number of aliphatic hydroxyl groups is 2. The van der Waals surface area contributed by atoms with Crippen molar-refractivity contribution in [3.05, 3.63) is 24.3 Å². The summed E-state index contributed by atoms with van der Waals surface area (Å²) in [5.74, 6) is -0.0603. The van der Waals surface area contributed by atoms with Gasteiger partial charge in [-0.05, 0) is 57.8 Å². The zero-order valence-corrected chi connectivity index (χ0v) is 48.0. The summed E-state index contributed by atoms with van der Waals surface area (Å²) in [7, 11) is 0. The minimum absolute atomic E-state index is 0.00419. The van der Waals surface area contributed by atoms with Crippen LogP contribution in [-0.2, 0) is 14.3 Å². The summed E-state index contributed by atoms with van der Waals surface area (Å²) in [6.07, 6.45) is 75.1. The Bertz CT molecular complexity index is 1110. The number of ether oxygens (including phenoxy) is 1. The van der Waals surface area contributed by atoms with Gasteiger partial charge in [0, 0.05) is 12.8 Å². The third-order valence-corrected chi connectivity index (χ3v) is 15.0. The Hall–Kier alpha value is -1.66. The van der Waals surface area contributed by atoms with E-state index in [1.54, 1.807) is 6.08 Å². The number of rotatable bonds is 60. The summed E-state index contributed by atoms with van der Waals surface area (Å²) in [4.78, 5) is 24.5. The number of unbranched alkanes of at least 4 members (excludes halogenated alkanes) is 47. The molecule has 0 saturated heterocycles. The average Bonchev–Trinajstić information content (AvgIpc) is 3.37. The predicted octanol–water partition coefficient (Wildman–Crippen LogP) is 20.2. The molecule has 0 aromatic rings. The zero-order chi connectivity index (χ0) is 51.4. The second-order valence-corrected chi connectivity index (χ2v) is 22.1. The van der Waals surface area contributed by atoms with Crippen molar-refractivity contribution in [2.24, 2.45) is 0 Å². The van der Waals surface area contributed by atoms with Crippen LogP contribution in [-0.4, -0.2) is 47.4 Å². The molecule has 71 heavy (non-hydrogen) atoms. The van der Waals surface area contributed by atoms with Gasteiger partial charge in [-0.3, -0.25) is 9.59 Å². The number of carbonyl (C=O) groups excluding carboxylic acids is 2. The molecule has 0 spiro atoms. The van der Waals surface area contributed by atoms with E-state index in [9.17, 15) is 19.8 Å². The first kappa shape index (κ1) is 69.3. The molecular formula is C65H125NO5. The largest absolute Gasteiger partial charge is 0.466 e. The Morgan fingerprint density at radius 1 is 0.380 bits per heavy atom. The molecule has 0 heterocycles. The summed E-state index contributed by atoms with van der Waals surface area (Å²) >= 11 is 0. The van der Waals surface area contributed by atoms with Crippen LogP contribution in [0.2, 0.25) is 0 Å². The average molecular weight is 1000 g/mol. The van der Waals surface area contributed by atoms with Crippen molar-refractivity contribution in [2.45, 2.75) is 366 Å².